The second-order valence-electron chi connectivity index (χ2n) is 10.5. The number of rotatable bonds is 11. The average molecular weight is 503 g/mol. The Kier molecular flexibility index (Phi) is 9.93. The van der Waals surface area contributed by atoms with Crippen LogP contribution in [0.25, 0.3) is 11.1 Å². The second kappa shape index (κ2) is 13.6. The minimum atomic E-state index is -0.960. The van der Waals surface area contributed by atoms with Crippen LogP contribution in [-0.2, 0) is 12.8 Å². The van der Waals surface area contributed by atoms with Crippen molar-refractivity contribution in [2.45, 2.75) is 84.0 Å². The molecule has 0 spiro atoms. The summed E-state index contributed by atoms with van der Waals surface area (Å²) in [6.45, 7) is 4.01. The van der Waals surface area contributed by atoms with Crippen LogP contribution in [0.3, 0.4) is 0 Å². The van der Waals surface area contributed by atoms with E-state index in [0.29, 0.717) is 11.5 Å². The molecule has 1 saturated carbocycles. The first-order valence-electron chi connectivity index (χ1n) is 14.0. The standard InChI is InChI=1S/C34H40F2O/c1-3-5-6-7-25-10-16-28(17-11-25)29-18-12-26(13-19-29)8-9-27-14-20-30(21-15-27)31-22-23-32(37-24-4-2)34(36)33(31)35/h4,10-11,14-17,20-24,26,29H,3,5-9,12-13,18-19H2,1-2H3. The maximum Gasteiger partial charge on any atom is 0.201 e. The van der Waals surface area contributed by atoms with Crippen molar-refractivity contribution in [1.29, 1.82) is 0 Å². The van der Waals surface area contributed by atoms with Gasteiger partial charge < -0.3 is 4.74 Å². The molecule has 3 heteroatoms. The molecule has 0 aliphatic heterocycles. The lowest BCUT2D eigenvalue weighted by Gasteiger charge is -2.29. The Balaban J connectivity index is 1.26. The van der Waals surface area contributed by atoms with E-state index in [2.05, 4.69) is 31.2 Å². The number of halogens is 2. The Morgan fingerprint density at radius 2 is 1.46 bits per heavy atom. The van der Waals surface area contributed by atoms with E-state index in [9.17, 15) is 8.78 Å². The van der Waals surface area contributed by atoms with Crippen molar-refractivity contribution in [2.24, 2.45) is 5.92 Å². The minimum Gasteiger partial charge on any atom is -0.462 e. The Hall–Kier alpha value is -2.94. The Bertz CT molecular complexity index is 1140. The van der Waals surface area contributed by atoms with Crippen molar-refractivity contribution >= 4 is 0 Å². The summed E-state index contributed by atoms with van der Waals surface area (Å²) >= 11 is 0. The summed E-state index contributed by atoms with van der Waals surface area (Å²) in [5.74, 6) is -0.480. The average Bonchev–Trinajstić information content (AvgIpc) is 2.94. The zero-order chi connectivity index (χ0) is 26.0. The topological polar surface area (TPSA) is 9.23 Å². The smallest absolute Gasteiger partial charge is 0.201 e. The van der Waals surface area contributed by atoms with Gasteiger partial charge in [-0.1, -0.05) is 74.4 Å². The Labute approximate surface area is 221 Å². The fraction of sp³-hybridized carbons (Fsp3) is 0.412. The van der Waals surface area contributed by atoms with Crippen LogP contribution in [0.5, 0.6) is 5.75 Å². The third-order valence-electron chi connectivity index (χ3n) is 7.85. The Morgan fingerprint density at radius 3 is 2.14 bits per heavy atom. The maximum absolute atomic E-state index is 14.6. The molecule has 4 rings (SSSR count). The number of benzene rings is 3. The second-order valence-corrected chi connectivity index (χ2v) is 10.5. The van der Waals surface area contributed by atoms with Crippen molar-refractivity contribution in [1.82, 2.24) is 0 Å². The van der Waals surface area contributed by atoms with Gasteiger partial charge in [0.1, 0.15) is 0 Å². The molecule has 0 unspecified atom stereocenters. The van der Waals surface area contributed by atoms with Crippen LogP contribution in [-0.4, -0.2) is 0 Å². The predicted molar refractivity (Wildman–Crippen MR) is 150 cm³/mol. The number of allylic oxidation sites excluding steroid dienone is 1. The molecule has 3 aromatic carbocycles. The maximum atomic E-state index is 14.6. The quantitative estimate of drug-likeness (QED) is 0.187. The van der Waals surface area contributed by atoms with E-state index in [-0.39, 0.29) is 11.3 Å². The summed E-state index contributed by atoms with van der Waals surface area (Å²) in [6.07, 6.45) is 15.4. The molecule has 1 aliphatic rings. The van der Waals surface area contributed by atoms with Crippen LogP contribution < -0.4 is 4.74 Å². The highest BCUT2D eigenvalue weighted by molar-refractivity contribution is 5.65. The lowest BCUT2D eigenvalue weighted by molar-refractivity contribution is 0.310. The predicted octanol–water partition coefficient (Wildman–Crippen LogP) is 10.2. The van der Waals surface area contributed by atoms with Gasteiger partial charge in [0.05, 0.1) is 6.26 Å². The molecule has 0 saturated heterocycles. The highest BCUT2D eigenvalue weighted by atomic mass is 19.2. The van der Waals surface area contributed by atoms with Gasteiger partial charge in [-0.25, -0.2) is 4.39 Å². The summed E-state index contributed by atoms with van der Waals surface area (Å²) in [4.78, 5) is 0. The zero-order valence-corrected chi connectivity index (χ0v) is 22.3. The summed E-state index contributed by atoms with van der Waals surface area (Å²) in [7, 11) is 0. The number of hydrogen-bond donors (Lipinski definition) is 0. The number of hydrogen-bond acceptors (Lipinski definition) is 1. The van der Waals surface area contributed by atoms with Crippen molar-refractivity contribution in [3.8, 4) is 16.9 Å². The van der Waals surface area contributed by atoms with Crippen LogP contribution in [0, 0.1) is 17.6 Å². The summed E-state index contributed by atoms with van der Waals surface area (Å²) < 4.78 is 34.1. The van der Waals surface area contributed by atoms with E-state index in [4.69, 9.17) is 4.74 Å². The van der Waals surface area contributed by atoms with Gasteiger partial charge in [-0.05, 0) is 105 Å². The van der Waals surface area contributed by atoms with Crippen LogP contribution in [0.1, 0.15) is 87.8 Å². The van der Waals surface area contributed by atoms with Gasteiger partial charge in [-0.15, -0.1) is 0 Å². The van der Waals surface area contributed by atoms with Crippen LogP contribution in [0.4, 0.5) is 8.78 Å². The largest absolute Gasteiger partial charge is 0.462 e. The molecule has 1 nitrogen and oxygen atoms in total. The van der Waals surface area contributed by atoms with Gasteiger partial charge in [0.2, 0.25) is 5.82 Å². The van der Waals surface area contributed by atoms with Gasteiger partial charge in [0.25, 0.3) is 0 Å². The highest BCUT2D eigenvalue weighted by Crippen LogP contribution is 2.38. The molecular weight excluding hydrogens is 462 g/mol. The minimum absolute atomic E-state index is 0.106. The SMILES string of the molecule is CC=COc1ccc(-c2ccc(CCC3CCC(c4ccc(CCCCC)cc4)CC3)cc2)c(F)c1F. The van der Waals surface area contributed by atoms with Gasteiger partial charge in [-0.3, -0.25) is 0 Å². The molecule has 0 bridgehead atoms. The number of aryl methyl sites for hydroxylation is 2. The van der Waals surface area contributed by atoms with Gasteiger partial charge in [-0.2, -0.15) is 4.39 Å². The summed E-state index contributed by atoms with van der Waals surface area (Å²) in [5.41, 5.74) is 5.16. The lowest BCUT2D eigenvalue weighted by Crippen LogP contribution is -2.14. The van der Waals surface area contributed by atoms with E-state index in [0.717, 1.165) is 12.3 Å². The first-order chi connectivity index (χ1) is 18.1. The molecular formula is C34H40F2O. The summed E-state index contributed by atoms with van der Waals surface area (Å²) in [5, 5.41) is 0. The Morgan fingerprint density at radius 1 is 0.784 bits per heavy atom. The molecule has 0 heterocycles. The molecule has 196 valence electrons. The zero-order valence-electron chi connectivity index (χ0n) is 22.3. The van der Waals surface area contributed by atoms with Crippen molar-refractivity contribution in [3.05, 3.63) is 101 Å². The fourth-order valence-corrected chi connectivity index (χ4v) is 5.53. The molecule has 0 atom stereocenters. The molecule has 0 aromatic heterocycles. The molecule has 0 radical (unpaired) electrons. The third kappa shape index (κ3) is 7.31. The molecule has 0 amide bonds. The molecule has 1 fully saturated rings. The van der Waals surface area contributed by atoms with Crippen molar-refractivity contribution in [3.63, 3.8) is 0 Å². The van der Waals surface area contributed by atoms with Crippen molar-refractivity contribution < 1.29 is 13.5 Å². The van der Waals surface area contributed by atoms with Crippen molar-refractivity contribution in [2.75, 3.05) is 0 Å². The highest BCUT2D eigenvalue weighted by Gasteiger charge is 2.22. The molecule has 37 heavy (non-hydrogen) atoms. The summed E-state index contributed by atoms with van der Waals surface area (Å²) in [6, 6.07) is 20.3. The van der Waals surface area contributed by atoms with Crippen LogP contribution >= 0.6 is 0 Å². The monoisotopic (exact) mass is 502 g/mol. The molecule has 0 N–H and O–H groups in total. The third-order valence-corrected chi connectivity index (χ3v) is 7.85. The first-order valence-corrected chi connectivity index (χ1v) is 14.0. The van der Waals surface area contributed by atoms with Gasteiger partial charge in [0, 0.05) is 5.56 Å². The molecule has 1 aliphatic carbocycles. The number of ether oxygens (including phenoxy) is 1. The van der Waals surface area contributed by atoms with E-state index in [1.165, 1.54) is 86.8 Å². The lowest BCUT2D eigenvalue weighted by atomic mass is 9.76. The van der Waals surface area contributed by atoms with E-state index in [1.54, 1.807) is 19.1 Å². The van der Waals surface area contributed by atoms with Crippen LogP contribution in [0.2, 0.25) is 0 Å². The van der Waals surface area contributed by atoms with E-state index >= 15 is 0 Å². The normalized spacial score (nSPS) is 17.8. The van der Waals surface area contributed by atoms with Gasteiger partial charge in [0.15, 0.2) is 11.6 Å². The van der Waals surface area contributed by atoms with Crippen LogP contribution in [0.15, 0.2) is 73.0 Å². The van der Waals surface area contributed by atoms with E-state index < -0.39 is 11.6 Å². The van der Waals surface area contributed by atoms with E-state index in [1.807, 2.05) is 24.3 Å². The number of unbranched alkanes of at least 4 members (excludes halogenated alkanes) is 2. The fourth-order valence-electron chi connectivity index (χ4n) is 5.53. The molecule has 3 aromatic rings. The first kappa shape index (κ1) is 27.1. The van der Waals surface area contributed by atoms with Gasteiger partial charge >= 0.3 is 0 Å².